The van der Waals surface area contributed by atoms with Crippen LogP contribution < -0.4 is 5.32 Å². The summed E-state index contributed by atoms with van der Waals surface area (Å²) in [5.74, 6) is 1.35. The van der Waals surface area contributed by atoms with Gasteiger partial charge in [0.05, 0.1) is 11.3 Å². The van der Waals surface area contributed by atoms with Crippen molar-refractivity contribution < 1.29 is 4.79 Å². The molecule has 1 unspecified atom stereocenters. The summed E-state index contributed by atoms with van der Waals surface area (Å²) in [5, 5.41) is 8.53. The normalized spacial score (nSPS) is 16.3. The average molecular weight is 382 g/mol. The van der Waals surface area contributed by atoms with E-state index in [0.717, 1.165) is 29.2 Å². The number of hydrogen-bond donors (Lipinski definition) is 1. The molecule has 1 aliphatic rings. The van der Waals surface area contributed by atoms with Crippen LogP contribution in [0.4, 0.5) is 11.5 Å². The molecule has 3 aromatic rings. The number of aromatic nitrogens is 4. The molecule has 138 valence electrons. The number of fused-ring (bicyclic) bond motifs is 1. The highest BCUT2D eigenvalue weighted by atomic mass is 35.5. The third kappa shape index (κ3) is 3.45. The molecule has 0 radical (unpaired) electrons. The van der Waals surface area contributed by atoms with Crippen LogP contribution in [0.25, 0.3) is 5.95 Å². The Labute approximate surface area is 162 Å². The van der Waals surface area contributed by atoms with Crippen molar-refractivity contribution in [1.29, 1.82) is 0 Å². The number of nitrogens with one attached hydrogen (secondary N) is 1. The molecule has 2 heterocycles. The highest BCUT2D eigenvalue weighted by molar-refractivity contribution is 6.30. The SMILES string of the molecule is Cc1cc(C)nc(-n2nc(Nc3cccc(Cl)c3)c3c2CC(C)CC3=O)n1. The first-order valence-corrected chi connectivity index (χ1v) is 9.29. The number of carbonyl (C=O) groups excluding carboxylic acids is 1. The summed E-state index contributed by atoms with van der Waals surface area (Å²) in [6, 6.07) is 9.26. The predicted octanol–water partition coefficient (Wildman–Crippen LogP) is 4.44. The zero-order valence-corrected chi connectivity index (χ0v) is 16.2. The van der Waals surface area contributed by atoms with Gasteiger partial charge in [-0.05, 0) is 50.5 Å². The maximum absolute atomic E-state index is 12.8. The number of hydrogen-bond acceptors (Lipinski definition) is 5. The van der Waals surface area contributed by atoms with E-state index in [9.17, 15) is 4.79 Å². The van der Waals surface area contributed by atoms with Crippen molar-refractivity contribution in [3.63, 3.8) is 0 Å². The van der Waals surface area contributed by atoms with Gasteiger partial charge in [-0.15, -0.1) is 5.10 Å². The number of halogens is 1. The first-order chi connectivity index (χ1) is 12.9. The van der Waals surface area contributed by atoms with E-state index in [1.165, 1.54) is 0 Å². The minimum atomic E-state index is 0.0869. The molecule has 1 N–H and O–H groups in total. The minimum absolute atomic E-state index is 0.0869. The maximum Gasteiger partial charge on any atom is 0.251 e. The van der Waals surface area contributed by atoms with Gasteiger partial charge in [-0.1, -0.05) is 24.6 Å². The molecule has 2 aromatic heterocycles. The van der Waals surface area contributed by atoms with E-state index in [4.69, 9.17) is 11.6 Å². The smallest absolute Gasteiger partial charge is 0.251 e. The van der Waals surface area contributed by atoms with Gasteiger partial charge in [0, 0.05) is 28.5 Å². The fraction of sp³-hybridized carbons (Fsp3) is 0.300. The monoisotopic (exact) mass is 381 g/mol. The van der Waals surface area contributed by atoms with Crippen molar-refractivity contribution in [1.82, 2.24) is 19.7 Å². The third-order valence-electron chi connectivity index (χ3n) is 4.58. The van der Waals surface area contributed by atoms with Crippen molar-refractivity contribution in [2.24, 2.45) is 5.92 Å². The van der Waals surface area contributed by atoms with E-state index >= 15 is 0 Å². The van der Waals surface area contributed by atoms with Gasteiger partial charge >= 0.3 is 0 Å². The molecular weight excluding hydrogens is 362 g/mol. The second-order valence-corrected chi connectivity index (χ2v) is 7.54. The van der Waals surface area contributed by atoms with Gasteiger partial charge in [-0.3, -0.25) is 4.79 Å². The molecule has 7 heteroatoms. The number of ketones is 1. The molecule has 0 spiro atoms. The molecule has 6 nitrogen and oxygen atoms in total. The Kier molecular flexibility index (Phi) is 4.44. The lowest BCUT2D eigenvalue weighted by atomic mass is 9.88. The van der Waals surface area contributed by atoms with Gasteiger partial charge in [0.25, 0.3) is 5.95 Å². The zero-order chi connectivity index (χ0) is 19.1. The predicted molar refractivity (Wildman–Crippen MR) is 105 cm³/mol. The van der Waals surface area contributed by atoms with Crippen LogP contribution >= 0.6 is 11.6 Å². The quantitative estimate of drug-likeness (QED) is 0.726. The average Bonchev–Trinajstić information content (AvgIpc) is 2.92. The van der Waals surface area contributed by atoms with Crippen molar-refractivity contribution in [2.75, 3.05) is 5.32 Å². The van der Waals surface area contributed by atoms with Gasteiger partial charge < -0.3 is 5.32 Å². The summed E-state index contributed by atoms with van der Waals surface area (Å²) in [7, 11) is 0. The number of rotatable bonds is 3. The van der Waals surface area contributed by atoms with Crippen LogP contribution in [0.2, 0.25) is 5.02 Å². The highest BCUT2D eigenvalue weighted by Crippen LogP contribution is 2.33. The van der Waals surface area contributed by atoms with Gasteiger partial charge in [0.2, 0.25) is 0 Å². The van der Waals surface area contributed by atoms with Crippen LogP contribution in [0.5, 0.6) is 0 Å². The lowest BCUT2D eigenvalue weighted by Crippen LogP contribution is -2.20. The number of Topliss-reactive ketones (excluding diaryl/α,β-unsaturated/α-hetero) is 1. The van der Waals surface area contributed by atoms with E-state index in [1.54, 1.807) is 16.8 Å². The lowest BCUT2D eigenvalue weighted by Gasteiger charge is -2.18. The second kappa shape index (κ2) is 6.78. The largest absolute Gasteiger partial charge is 0.338 e. The van der Waals surface area contributed by atoms with Gasteiger partial charge in [0.1, 0.15) is 0 Å². The topological polar surface area (TPSA) is 72.7 Å². The minimum Gasteiger partial charge on any atom is -0.338 e. The standard InChI is InChI=1S/C20H20ClN5O/c1-11-7-16-18(17(27)8-11)19(24-15-6-4-5-14(21)10-15)25-26(16)20-22-12(2)9-13(3)23-20/h4-6,9-11H,7-8H2,1-3H3,(H,24,25). The summed E-state index contributed by atoms with van der Waals surface area (Å²) in [6.45, 7) is 5.92. The summed E-state index contributed by atoms with van der Waals surface area (Å²) in [4.78, 5) is 21.8. The highest BCUT2D eigenvalue weighted by Gasteiger charge is 2.31. The van der Waals surface area contributed by atoms with Crippen LogP contribution in [0.3, 0.4) is 0 Å². The first-order valence-electron chi connectivity index (χ1n) is 8.91. The molecule has 4 rings (SSSR count). The third-order valence-corrected chi connectivity index (χ3v) is 4.82. The molecular formula is C20H20ClN5O. The van der Waals surface area contributed by atoms with E-state index in [0.29, 0.717) is 28.8 Å². The van der Waals surface area contributed by atoms with Crippen molar-refractivity contribution >= 4 is 28.9 Å². The Morgan fingerprint density at radius 3 is 2.59 bits per heavy atom. The van der Waals surface area contributed by atoms with Gasteiger partial charge in [-0.25, -0.2) is 14.6 Å². The molecule has 1 aromatic carbocycles. The fourth-order valence-electron chi connectivity index (χ4n) is 3.51. The molecule has 0 amide bonds. The molecule has 0 bridgehead atoms. The first kappa shape index (κ1) is 17.7. The lowest BCUT2D eigenvalue weighted by molar-refractivity contribution is 0.0953. The maximum atomic E-state index is 12.8. The summed E-state index contributed by atoms with van der Waals surface area (Å²) < 4.78 is 1.70. The summed E-state index contributed by atoms with van der Waals surface area (Å²) >= 11 is 6.09. The number of anilines is 2. The van der Waals surface area contributed by atoms with E-state index < -0.39 is 0 Å². The zero-order valence-electron chi connectivity index (χ0n) is 15.5. The Bertz CT molecular complexity index is 1020. The molecule has 0 fully saturated rings. The summed E-state index contributed by atoms with van der Waals surface area (Å²) in [6.07, 6.45) is 1.26. The van der Waals surface area contributed by atoms with Crippen molar-refractivity contribution in [2.45, 2.75) is 33.6 Å². The van der Waals surface area contributed by atoms with Crippen molar-refractivity contribution in [3.8, 4) is 5.95 Å². The summed E-state index contributed by atoms with van der Waals surface area (Å²) in [5.41, 5.74) is 3.98. The Hall–Kier alpha value is -2.73. The Morgan fingerprint density at radius 1 is 1.15 bits per heavy atom. The van der Waals surface area contributed by atoms with E-state index in [-0.39, 0.29) is 11.7 Å². The second-order valence-electron chi connectivity index (χ2n) is 7.10. The van der Waals surface area contributed by atoms with Crippen molar-refractivity contribution in [3.05, 3.63) is 58.0 Å². The number of carbonyl (C=O) groups is 1. The van der Waals surface area contributed by atoms with Crippen LogP contribution in [0, 0.1) is 19.8 Å². The van der Waals surface area contributed by atoms with Crippen LogP contribution in [0.15, 0.2) is 30.3 Å². The van der Waals surface area contributed by atoms with Gasteiger partial charge in [0.15, 0.2) is 11.6 Å². The number of benzene rings is 1. The number of aryl methyl sites for hydroxylation is 2. The molecule has 27 heavy (non-hydrogen) atoms. The Morgan fingerprint density at radius 2 is 1.89 bits per heavy atom. The molecule has 0 saturated carbocycles. The Balaban J connectivity index is 1.86. The van der Waals surface area contributed by atoms with E-state index in [1.807, 2.05) is 32.0 Å². The molecule has 0 saturated heterocycles. The van der Waals surface area contributed by atoms with E-state index in [2.05, 4.69) is 27.3 Å². The van der Waals surface area contributed by atoms with Crippen LogP contribution in [-0.2, 0) is 6.42 Å². The molecule has 1 atom stereocenters. The fourth-order valence-corrected chi connectivity index (χ4v) is 3.70. The van der Waals surface area contributed by atoms with Crippen LogP contribution in [0.1, 0.15) is 40.8 Å². The number of nitrogens with zero attached hydrogens (tertiary/aromatic N) is 4. The van der Waals surface area contributed by atoms with Crippen LogP contribution in [-0.4, -0.2) is 25.5 Å². The molecule has 1 aliphatic carbocycles. The van der Waals surface area contributed by atoms with Gasteiger partial charge in [-0.2, -0.15) is 0 Å². The molecule has 0 aliphatic heterocycles.